The summed E-state index contributed by atoms with van der Waals surface area (Å²) in [6.45, 7) is 0. The molecule has 1 aromatic carbocycles. The number of piperidine rings is 1. The van der Waals surface area contributed by atoms with Gasteiger partial charge in [-0.25, -0.2) is 10.9 Å². The van der Waals surface area contributed by atoms with Crippen LogP contribution in [-0.2, 0) is 9.59 Å². The van der Waals surface area contributed by atoms with Crippen LogP contribution in [0.25, 0.3) is 10.9 Å². The van der Waals surface area contributed by atoms with Crippen molar-refractivity contribution in [1.82, 2.24) is 26.5 Å². The Labute approximate surface area is 133 Å². The fourth-order valence-electron chi connectivity index (χ4n) is 3.88. The molecule has 3 heterocycles. The van der Waals surface area contributed by atoms with Gasteiger partial charge in [0.1, 0.15) is 6.04 Å². The topological polar surface area (TPSA) is 98.0 Å². The molecule has 7 nitrogen and oxygen atoms in total. The van der Waals surface area contributed by atoms with Crippen LogP contribution in [0, 0.1) is 5.92 Å². The number of benzene rings is 1. The number of aromatic amines is 1. The second kappa shape index (κ2) is 5.36. The van der Waals surface area contributed by atoms with E-state index in [9.17, 15) is 9.59 Å². The standard InChI is InChI=1S/C16H19N5O2/c1-17-16(23)14-13-10(7-12(22)19-15(13)21-20-14)8-3-2-4-11-9(8)5-6-18-11/h2-6,10,13-15,18,20-21H,7H2,1H3,(H,17,23)(H,19,22). The van der Waals surface area contributed by atoms with Crippen LogP contribution in [0.5, 0.6) is 0 Å². The summed E-state index contributed by atoms with van der Waals surface area (Å²) >= 11 is 0. The van der Waals surface area contributed by atoms with E-state index in [0.717, 1.165) is 16.5 Å². The smallest absolute Gasteiger partial charge is 0.238 e. The monoisotopic (exact) mass is 313 g/mol. The van der Waals surface area contributed by atoms with Crippen molar-refractivity contribution in [3.8, 4) is 0 Å². The van der Waals surface area contributed by atoms with Gasteiger partial charge in [-0.3, -0.25) is 9.59 Å². The molecule has 2 aliphatic heterocycles. The van der Waals surface area contributed by atoms with Crippen LogP contribution in [0.2, 0.25) is 0 Å². The predicted molar refractivity (Wildman–Crippen MR) is 85.2 cm³/mol. The predicted octanol–water partition coefficient (Wildman–Crippen LogP) is -0.0639. The number of carbonyl (C=O) groups is 2. The molecule has 5 N–H and O–H groups in total. The van der Waals surface area contributed by atoms with Gasteiger partial charge in [0, 0.05) is 42.4 Å². The highest BCUT2D eigenvalue weighted by Gasteiger charge is 2.48. The maximum atomic E-state index is 12.2. The Morgan fingerprint density at radius 3 is 2.96 bits per heavy atom. The van der Waals surface area contributed by atoms with Crippen molar-refractivity contribution in [2.45, 2.75) is 24.5 Å². The number of likely N-dealkylation sites (N-methyl/N-ethyl adjacent to an activating group) is 1. The molecule has 2 saturated heterocycles. The molecule has 2 aromatic rings. The second-order valence-electron chi connectivity index (χ2n) is 6.10. The van der Waals surface area contributed by atoms with E-state index in [1.54, 1.807) is 7.05 Å². The van der Waals surface area contributed by atoms with Gasteiger partial charge in [-0.1, -0.05) is 12.1 Å². The highest BCUT2D eigenvalue weighted by atomic mass is 16.2. The zero-order chi connectivity index (χ0) is 16.0. The Morgan fingerprint density at radius 1 is 1.26 bits per heavy atom. The lowest BCUT2D eigenvalue weighted by Gasteiger charge is -2.35. The summed E-state index contributed by atoms with van der Waals surface area (Å²) in [6.07, 6.45) is 2.02. The normalized spacial score (nSPS) is 30.0. The summed E-state index contributed by atoms with van der Waals surface area (Å²) < 4.78 is 0. The van der Waals surface area contributed by atoms with Crippen LogP contribution in [-0.4, -0.2) is 36.1 Å². The minimum atomic E-state index is -0.384. The number of H-pyrrole nitrogens is 1. The van der Waals surface area contributed by atoms with Gasteiger partial charge >= 0.3 is 0 Å². The molecule has 2 amide bonds. The molecule has 4 rings (SSSR count). The van der Waals surface area contributed by atoms with Crippen molar-refractivity contribution in [2.24, 2.45) is 5.92 Å². The molecule has 0 saturated carbocycles. The molecular weight excluding hydrogens is 294 g/mol. The van der Waals surface area contributed by atoms with E-state index in [0.29, 0.717) is 6.42 Å². The van der Waals surface area contributed by atoms with Crippen molar-refractivity contribution < 1.29 is 9.59 Å². The minimum Gasteiger partial charge on any atom is -0.361 e. The molecule has 0 spiro atoms. The van der Waals surface area contributed by atoms with E-state index in [2.05, 4.69) is 32.5 Å². The number of carbonyl (C=O) groups excluding carboxylic acids is 2. The van der Waals surface area contributed by atoms with Crippen molar-refractivity contribution in [3.63, 3.8) is 0 Å². The van der Waals surface area contributed by atoms with Crippen LogP contribution in [0.1, 0.15) is 17.9 Å². The molecule has 2 aliphatic rings. The molecule has 0 bridgehead atoms. The Bertz CT molecular complexity index is 771. The molecular formula is C16H19N5O2. The molecule has 4 atom stereocenters. The van der Waals surface area contributed by atoms with Crippen LogP contribution in [0.4, 0.5) is 0 Å². The third-order valence-electron chi connectivity index (χ3n) is 4.91. The van der Waals surface area contributed by atoms with Crippen LogP contribution >= 0.6 is 0 Å². The highest BCUT2D eigenvalue weighted by Crippen LogP contribution is 2.39. The maximum Gasteiger partial charge on any atom is 0.238 e. The SMILES string of the molecule is CNC(=O)C1NNC2NC(=O)CC(c3cccc4[nH]ccc34)C21. The van der Waals surface area contributed by atoms with Gasteiger partial charge in [0.05, 0.1) is 6.17 Å². The van der Waals surface area contributed by atoms with E-state index < -0.39 is 0 Å². The molecule has 120 valence electrons. The summed E-state index contributed by atoms with van der Waals surface area (Å²) in [5.41, 5.74) is 8.22. The average Bonchev–Trinajstić information content (AvgIpc) is 3.19. The number of rotatable bonds is 2. The van der Waals surface area contributed by atoms with E-state index in [-0.39, 0.29) is 35.9 Å². The molecule has 4 unspecified atom stereocenters. The van der Waals surface area contributed by atoms with Crippen LogP contribution < -0.4 is 21.5 Å². The third-order valence-corrected chi connectivity index (χ3v) is 4.91. The van der Waals surface area contributed by atoms with Gasteiger partial charge in [-0.05, 0) is 17.7 Å². The van der Waals surface area contributed by atoms with Gasteiger partial charge in [0.25, 0.3) is 0 Å². The number of hydrazine groups is 1. The first-order valence-electron chi connectivity index (χ1n) is 7.77. The maximum absolute atomic E-state index is 12.2. The second-order valence-corrected chi connectivity index (χ2v) is 6.10. The summed E-state index contributed by atoms with van der Waals surface area (Å²) in [6, 6.07) is 7.69. The number of aromatic nitrogens is 1. The Morgan fingerprint density at radius 2 is 2.13 bits per heavy atom. The fourth-order valence-corrected chi connectivity index (χ4v) is 3.88. The number of fused-ring (bicyclic) bond motifs is 2. The first-order chi connectivity index (χ1) is 11.2. The van der Waals surface area contributed by atoms with Crippen molar-refractivity contribution >= 4 is 22.7 Å². The zero-order valence-corrected chi connectivity index (χ0v) is 12.7. The fraction of sp³-hybridized carbons (Fsp3) is 0.375. The lowest BCUT2D eigenvalue weighted by atomic mass is 9.75. The summed E-state index contributed by atoms with van der Waals surface area (Å²) in [5, 5.41) is 6.73. The highest BCUT2D eigenvalue weighted by molar-refractivity contribution is 5.87. The minimum absolute atomic E-state index is 0.00403. The number of amides is 2. The van der Waals surface area contributed by atoms with E-state index in [1.165, 1.54) is 0 Å². The largest absolute Gasteiger partial charge is 0.361 e. The zero-order valence-electron chi connectivity index (χ0n) is 12.7. The van der Waals surface area contributed by atoms with E-state index in [1.807, 2.05) is 24.4 Å². The molecule has 7 heteroatoms. The van der Waals surface area contributed by atoms with Crippen molar-refractivity contribution in [3.05, 3.63) is 36.0 Å². The van der Waals surface area contributed by atoms with Crippen molar-refractivity contribution in [2.75, 3.05) is 7.05 Å². The van der Waals surface area contributed by atoms with Gasteiger partial charge in [-0.15, -0.1) is 0 Å². The number of hydrogen-bond donors (Lipinski definition) is 5. The number of nitrogens with one attached hydrogen (secondary N) is 5. The van der Waals surface area contributed by atoms with Crippen molar-refractivity contribution in [1.29, 1.82) is 0 Å². The van der Waals surface area contributed by atoms with Gasteiger partial charge < -0.3 is 15.6 Å². The molecule has 1 aromatic heterocycles. The van der Waals surface area contributed by atoms with Gasteiger partial charge in [0.2, 0.25) is 11.8 Å². The lowest BCUT2D eigenvalue weighted by molar-refractivity contribution is -0.128. The van der Waals surface area contributed by atoms with Crippen LogP contribution in [0.15, 0.2) is 30.5 Å². The van der Waals surface area contributed by atoms with Gasteiger partial charge in [0.15, 0.2) is 0 Å². The van der Waals surface area contributed by atoms with E-state index >= 15 is 0 Å². The number of hydrogen-bond acceptors (Lipinski definition) is 4. The molecule has 23 heavy (non-hydrogen) atoms. The molecule has 2 fully saturated rings. The Balaban J connectivity index is 1.79. The van der Waals surface area contributed by atoms with Crippen LogP contribution in [0.3, 0.4) is 0 Å². The first-order valence-corrected chi connectivity index (χ1v) is 7.77. The summed E-state index contributed by atoms with van der Waals surface area (Å²) in [4.78, 5) is 27.5. The summed E-state index contributed by atoms with van der Waals surface area (Å²) in [5.74, 6) is -0.158. The molecule has 0 aliphatic carbocycles. The molecule has 0 radical (unpaired) electrons. The first kappa shape index (κ1) is 14.2. The van der Waals surface area contributed by atoms with E-state index in [4.69, 9.17) is 0 Å². The summed E-state index contributed by atoms with van der Waals surface area (Å²) in [7, 11) is 1.63. The van der Waals surface area contributed by atoms with Gasteiger partial charge in [-0.2, -0.15) is 0 Å². The third kappa shape index (κ3) is 2.20. The Hall–Kier alpha value is -2.38. The quantitative estimate of drug-likeness (QED) is 0.536. The average molecular weight is 313 g/mol. The lowest BCUT2D eigenvalue weighted by Crippen LogP contribution is -2.53. The Kier molecular flexibility index (Phi) is 3.32.